The molecule has 2 atom stereocenters. The highest BCUT2D eigenvalue weighted by atomic mass is 32.2. The summed E-state index contributed by atoms with van der Waals surface area (Å²) >= 11 is 1.92. The minimum atomic E-state index is -0.00277. The lowest BCUT2D eigenvalue weighted by Gasteiger charge is -2.17. The van der Waals surface area contributed by atoms with Gasteiger partial charge in [0.15, 0.2) is 5.82 Å². The van der Waals surface area contributed by atoms with Crippen molar-refractivity contribution in [1.29, 1.82) is 0 Å². The molecule has 4 heterocycles. The van der Waals surface area contributed by atoms with Crippen LogP contribution in [0, 0.1) is 5.92 Å². The average molecular weight is 517 g/mol. The van der Waals surface area contributed by atoms with E-state index in [0.29, 0.717) is 28.9 Å². The van der Waals surface area contributed by atoms with Gasteiger partial charge in [-0.05, 0) is 62.5 Å². The molecule has 0 bridgehead atoms. The topological polar surface area (TPSA) is 117 Å². The number of nitrogens with one attached hydrogen (secondary N) is 1. The van der Waals surface area contributed by atoms with Crippen molar-refractivity contribution in [3.8, 4) is 16.8 Å². The second kappa shape index (κ2) is 9.81. The summed E-state index contributed by atoms with van der Waals surface area (Å²) in [5.74, 6) is 3.14. The fraction of sp³-hybridized carbons (Fsp3) is 0.444. The van der Waals surface area contributed by atoms with Crippen LogP contribution in [0.4, 0.5) is 11.6 Å². The number of anilines is 2. The quantitative estimate of drug-likeness (QED) is 0.353. The van der Waals surface area contributed by atoms with Crippen LogP contribution in [0.25, 0.3) is 27.8 Å². The molecule has 0 saturated heterocycles. The van der Waals surface area contributed by atoms with Crippen molar-refractivity contribution in [3.05, 3.63) is 53.0 Å². The average Bonchev–Trinajstić information content (AvgIpc) is 3.45. The maximum absolute atomic E-state index is 12.6. The molecule has 192 valence electrons. The Hall–Kier alpha value is -3.40. The summed E-state index contributed by atoms with van der Waals surface area (Å²) in [4.78, 5) is 26.9. The lowest BCUT2D eigenvalue weighted by atomic mass is 10.1. The van der Waals surface area contributed by atoms with Gasteiger partial charge in [-0.25, -0.2) is 19.6 Å². The summed E-state index contributed by atoms with van der Waals surface area (Å²) in [5.41, 5.74) is 10.8. The van der Waals surface area contributed by atoms with Crippen LogP contribution in [0.3, 0.4) is 0 Å². The van der Waals surface area contributed by atoms with Crippen molar-refractivity contribution in [2.75, 3.05) is 23.1 Å². The first-order chi connectivity index (χ1) is 18.0. The third-order valence-corrected chi connectivity index (χ3v) is 8.25. The monoisotopic (exact) mass is 516 g/mol. The smallest absolute Gasteiger partial charge is 0.252 e. The Morgan fingerprint density at radius 2 is 2.03 bits per heavy atom. The maximum atomic E-state index is 12.6. The Morgan fingerprint density at radius 3 is 2.78 bits per heavy atom. The highest BCUT2D eigenvalue weighted by Gasteiger charge is 2.26. The van der Waals surface area contributed by atoms with Gasteiger partial charge in [-0.2, -0.15) is 16.9 Å². The second-order valence-corrected chi connectivity index (χ2v) is 11.0. The number of fused-ring (bicyclic) bond motifs is 1. The number of nitrogen functional groups attached to an aromatic ring is 1. The molecule has 6 rings (SSSR count). The molecule has 37 heavy (non-hydrogen) atoms. The van der Waals surface area contributed by atoms with E-state index in [-0.39, 0.29) is 5.56 Å². The molecule has 9 nitrogen and oxygen atoms in total. The number of pyridine rings is 2. The zero-order valence-electron chi connectivity index (χ0n) is 21.2. The maximum Gasteiger partial charge on any atom is 0.252 e. The van der Waals surface area contributed by atoms with E-state index in [9.17, 15) is 4.79 Å². The molecule has 0 unspecified atom stereocenters. The lowest BCUT2D eigenvalue weighted by molar-refractivity contribution is 0.613. The molecule has 0 spiro atoms. The second-order valence-electron chi connectivity index (χ2n) is 10.1. The summed E-state index contributed by atoms with van der Waals surface area (Å²) in [6.07, 6.45) is 15.9. The predicted octanol–water partition coefficient (Wildman–Crippen LogP) is 4.46. The third-order valence-electron chi connectivity index (χ3n) is 7.45. The van der Waals surface area contributed by atoms with Crippen LogP contribution in [0.5, 0.6) is 0 Å². The van der Waals surface area contributed by atoms with Crippen LogP contribution >= 0.6 is 11.8 Å². The zero-order valence-corrected chi connectivity index (χ0v) is 22.0. The van der Waals surface area contributed by atoms with Gasteiger partial charge < -0.3 is 15.6 Å². The number of rotatable bonds is 8. The Labute approximate surface area is 219 Å². The molecule has 0 radical (unpaired) electrons. The van der Waals surface area contributed by atoms with Crippen molar-refractivity contribution < 1.29 is 0 Å². The van der Waals surface area contributed by atoms with Gasteiger partial charge in [-0.1, -0.05) is 6.92 Å². The van der Waals surface area contributed by atoms with E-state index in [4.69, 9.17) is 15.7 Å². The number of aromatic nitrogens is 6. The molecule has 0 aromatic carbocycles. The van der Waals surface area contributed by atoms with E-state index in [1.807, 2.05) is 30.2 Å². The first-order valence-electron chi connectivity index (χ1n) is 13.0. The fourth-order valence-electron chi connectivity index (χ4n) is 5.33. The first-order valence-corrected chi connectivity index (χ1v) is 14.4. The third kappa shape index (κ3) is 4.70. The fourth-order valence-corrected chi connectivity index (χ4v) is 6.11. The van der Waals surface area contributed by atoms with Gasteiger partial charge in [0.2, 0.25) is 0 Å². The summed E-state index contributed by atoms with van der Waals surface area (Å²) in [5, 5.41) is 8.23. The molecule has 2 aliphatic rings. The standard InChI is InChI=1S/C27H32N8OS/c1-3-22-27(31-18-5-4-16(10-18)15-37-2)33-24-21(13-29-26(28)25(24)32-22)17-12-30-35(14-17)20-8-9-34(19-6-7-19)23(36)11-20/h8-9,11-14,16,18-19H,3-7,10,15H2,1-2H3,(H2,28,29)(H,31,33)/t16-,18+/m0/s1. The number of aryl methyl sites for hydroxylation is 1. The van der Waals surface area contributed by atoms with E-state index in [0.717, 1.165) is 66.3 Å². The molecular weight excluding hydrogens is 484 g/mol. The molecule has 3 N–H and O–H groups in total. The van der Waals surface area contributed by atoms with E-state index in [1.54, 1.807) is 27.7 Å². The lowest BCUT2D eigenvalue weighted by Crippen LogP contribution is -2.19. The van der Waals surface area contributed by atoms with Crippen molar-refractivity contribution in [2.24, 2.45) is 5.92 Å². The van der Waals surface area contributed by atoms with Gasteiger partial charge in [0, 0.05) is 47.9 Å². The Kier molecular flexibility index (Phi) is 6.36. The number of nitrogens with two attached hydrogens (primary N) is 1. The van der Waals surface area contributed by atoms with Gasteiger partial charge in [-0.3, -0.25) is 4.79 Å². The number of thioether (sulfide) groups is 1. The van der Waals surface area contributed by atoms with Gasteiger partial charge in [0.1, 0.15) is 16.9 Å². The molecule has 0 amide bonds. The van der Waals surface area contributed by atoms with Gasteiger partial charge in [-0.15, -0.1) is 0 Å². The van der Waals surface area contributed by atoms with E-state index in [1.165, 1.54) is 12.2 Å². The molecular formula is C27H32N8OS. The summed E-state index contributed by atoms with van der Waals surface area (Å²) in [6.45, 7) is 2.08. The minimum absolute atomic E-state index is 0.00277. The SMILES string of the molecule is CCc1nc2c(N)ncc(-c3cnn(-c4ccn(C5CC5)c(=O)c4)c3)c2nc1N[C@@H]1CC[C@H](CSC)C1. The molecule has 4 aromatic heterocycles. The van der Waals surface area contributed by atoms with Gasteiger partial charge in [0.05, 0.1) is 17.6 Å². The Bertz CT molecular complexity index is 1510. The molecule has 10 heteroatoms. The first kappa shape index (κ1) is 24.0. The zero-order chi connectivity index (χ0) is 25.5. The van der Waals surface area contributed by atoms with Crippen molar-refractivity contribution in [1.82, 2.24) is 29.3 Å². The van der Waals surface area contributed by atoms with Crippen LogP contribution in [-0.2, 0) is 6.42 Å². The van der Waals surface area contributed by atoms with Crippen LogP contribution in [0.2, 0.25) is 0 Å². The largest absolute Gasteiger partial charge is 0.382 e. The molecule has 2 aliphatic carbocycles. The van der Waals surface area contributed by atoms with Crippen molar-refractivity contribution >= 4 is 34.4 Å². The van der Waals surface area contributed by atoms with Gasteiger partial charge in [0.25, 0.3) is 5.56 Å². The van der Waals surface area contributed by atoms with Crippen LogP contribution in [0.1, 0.15) is 50.8 Å². The minimum Gasteiger partial charge on any atom is -0.382 e. The summed E-state index contributed by atoms with van der Waals surface area (Å²) in [6, 6.07) is 4.31. The molecule has 0 aliphatic heterocycles. The Morgan fingerprint density at radius 1 is 1.16 bits per heavy atom. The molecule has 2 fully saturated rings. The van der Waals surface area contributed by atoms with Crippen LogP contribution < -0.4 is 16.6 Å². The normalized spacial score (nSPS) is 19.5. The van der Waals surface area contributed by atoms with Crippen LogP contribution in [-0.4, -0.2) is 47.3 Å². The van der Waals surface area contributed by atoms with Crippen LogP contribution in [0.15, 0.2) is 41.7 Å². The van der Waals surface area contributed by atoms with E-state index < -0.39 is 0 Å². The summed E-state index contributed by atoms with van der Waals surface area (Å²) in [7, 11) is 0. The number of hydrogen-bond donors (Lipinski definition) is 2. The van der Waals surface area contributed by atoms with Gasteiger partial charge >= 0.3 is 0 Å². The van der Waals surface area contributed by atoms with E-state index >= 15 is 0 Å². The predicted molar refractivity (Wildman–Crippen MR) is 149 cm³/mol. The number of hydrogen-bond acceptors (Lipinski definition) is 8. The molecule has 4 aromatic rings. The summed E-state index contributed by atoms with van der Waals surface area (Å²) < 4.78 is 3.52. The highest BCUT2D eigenvalue weighted by Crippen LogP contribution is 2.35. The molecule has 2 saturated carbocycles. The highest BCUT2D eigenvalue weighted by molar-refractivity contribution is 7.98. The van der Waals surface area contributed by atoms with Crippen molar-refractivity contribution in [2.45, 2.75) is 57.5 Å². The number of nitrogens with zero attached hydrogens (tertiary/aromatic N) is 6. The van der Waals surface area contributed by atoms with Crippen molar-refractivity contribution in [3.63, 3.8) is 0 Å². The Balaban J connectivity index is 1.35. The van der Waals surface area contributed by atoms with E-state index in [2.05, 4.69) is 28.6 Å².